The SMILES string of the molecule is CCCCC/C=C\C/C=C\C/C=C\CCCCCCCCC(=O)NCCOP(=O)(O)OCC(O)COC(=O)CCCCCCCCCCCCCCCCC. The van der Waals surface area contributed by atoms with E-state index >= 15 is 0 Å². The molecule has 0 saturated heterocycles. The van der Waals surface area contributed by atoms with Crippen LogP contribution in [0.5, 0.6) is 0 Å². The fourth-order valence-corrected chi connectivity index (χ4v) is 6.91. The normalized spacial score (nSPS) is 13.6. The predicted octanol–water partition coefficient (Wildman–Crippen LogP) is 12.6. The summed E-state index contributed by atoms with van der Waals surface area (Å²) in [5.74, 6) is -0.524. The van der Waals surface area contributed by atoms with Crippen LogP contribution >= 0.6 is 7.82 Å². The molecule has 322 valence electrons. The van der Waals surface area contributed by atoms with Gasteiger partial charge in [-0.1, -0.05) is 179 Å². The van der Waals surface area contributed by atoms with Crippen LogP contribution in [0.4, 0.5) is 0 Å². The van der Waals surface area contributed by atoms with E-state index in [1.807, 2.05) is 0 Å². The van der Waals surface area contributed by atoms with Crippen molar-refractivity contribution >= 4 is 19.7 Å². The molecule has 0 bridgehead atoms. The second-order valence-electron chi connectivity index (χ2n) is 15.0. The lowest BCUT2D eigenvalue weighted by Crippen LogP contribution is -2.27. The number of nitrogens with one attached hydrogen (secondary N) is 1. The molecule has 3 N–H and O–H groups in total. The van der Waals surface area contributed by atoms with Crippen LogP contribution in [-0.2, 0) is 27.9 Å². The number of phosphoric acid groups is 1. The van der Waals surface area contributed by atoms with Crippen LogP contribution in [0, 0.1) is 0 Å². The minimum Gasteiger partial charge on any atom is -0.463 e. The van der Waals surface area contributed by atoms with Crippen molar-refractivity contribution in [2.45, 2.75) is 213 Å². The Bertz CT molecular complexity index is 1000. The Morgan fingerprint density at radius 1 is 0.564 bits per heavy atom. The highest BCUT2D eigenvalue weighted by Crippen LogP contribution is 2.42. The number of rotatable bonds is 42. The molecule has 2 atom stereocenters. The van der Waals surface area contributed by atoms with Gasteiger partial charge < -0.3 is 20.1 Å². The first-order valence-corrected chi connectivity index (χ1v) is 24.0. The van der Waals surface area contributed by atoms with Crippen molar-refractivity contribution in [3.05, 3.63) is 36.5 Å². The summed E-state index contributed by atoms with van der Waals surface area (Å²) in [7, 11) is -4.42. The molecule has 0 heterocycles. The van der Waals surface area contributed by atoms with Gasteiger partial charge >= 0.3 is 13.8 Å². The van der Waals surface area contributed by atoms with E-state index in [0.717, 1.165) is 64.2 Å². The number of carbonyl (C=O) groups is 2. The molecule has 2 unspecified atom stereocenters. The monoisotopic (exact) mass is 798 g/mol. The summed E-state index contributed by atoms with van der Waals surface area (Å²) >= 11 is 0. The molecule has 9 nitrogen and oxygen atoms in total. The molecule has 0 saturated carbocycles. The second-order valence-corrected chi connectivity index (χ2v) is 16.5. The van der Waals surface area contributed by atoms with E-state index in [2.05, 4.69) is 55.6 Å². The topological polar surface area (TPSA) is 131 Å². The first-order chi connectivity index (χ1) is 26.8. The Morgan fingerprint density at radius 3 is 1.51 bits per heavy atom. The van der Waals surface area contributed by atoms with E-state index in [1.165, 1.54) is 116 Å². The van der Waals surface area contributed by atoms with E-state index in [9.17, 15) is 24.2 Å². The van der Waals surface area contributed by atoms with E-state index in [0.29, 0.717) is 6.42 Å². The van der Waals surface area contributed by atoms with E-state index in [-0.39, 0.29) is 32.1 Å². The van der Waals surface area contributed by atoms with Gasteiger partial charge in [0.25, 0.3) is 0 Å². The zero-order valence-corrected chi connectivity index (χ0v) is 36.3. The summed E-state index contributed by atoms with van der Waals surface area (Å²) in [5, 5.41) is 12.7. The molecule has 0 rings (SSSR count). The molecule has 0 radical (unpaired) electrons. The molecule has 0 fully saturated rings. The Hall–Kier alpha value is -1.77. The third-order valence-electron chi connectivity index (χ3n) is 9.57. The third kappa shape index (κ3) is 43.2. The van der Waals surface area contributed by atoms with Crippen molar-refractivity contribution in [2.24, 2.45) is 0 Å². The quantitative estimate of drug-likeness (QED) is 0.0241. The molecule has 1 amide bonds. The van der Waals surface area contributed by atoms with Gasteiger partial charge in [0.2, 0.25) is 5.91 Å². The van der Waals surface area contributed by atoms with Crippen molar-refractivity contribution in [1.29, 1.82) is 0 Å². The van der Waals surface area contributed by atoms with Gasteiger partial charge in [0.05, 0.1) is 13.2 Å². The first kappa shape index (κ1) is 53.2. The molecule has 0 aliphatic carbocycles. The van der Waals surface area contributed by atoms with Gasteiger partial charge in [0.1, 0.15) is 12.7 Å². The summed E-state index contributed by atoms with van der Waals surface area (Å²) in [5.41, 5.74) is 0. The molecular weight excluding hydrogens is 713 g/mol. The van der Waals surface area contributed by atoms with Gasteiger partial charge in [-0.05, 0) is 51.4 Å². The molecule has 0 spiro atoms. The maximum atomic E-state index is 12.1. The van der Waals surface area contributed by atoms with Crippen molar-refractivity contribution in [3.8, 4) is 0 Å². The van der Waals surface area contributed by atoms with Gasteiger partial charge in [-0.25, -0.2) is 4.57 Å². The highest BCUT2D eigenvalue weighted by atomic mass is 31.2. The molecule has 0 aromatic carbocycles. The van der Waals surface area contributed by atoms with Crippen LogP contribution in [0.3, 0.4) is 0 Å². The lowest BCUT2D eigenvalue weighted by molar-refractivity contribution is -0.147. The summed E-state index contributed by atoms with van der Waals surface area (Å²) in [6.07, 6.45) is 46.4. The van der Waals surface area contributed by atoms with Crippen LogP contribution in [0.15, 0.2) is 36.5 Å². The summed E-state index contributed by atoms with van der Waals surface area (Å²) in [6.45, 7) is 3.53. The van der Waals surface area contributed by atoms with Gasteiger partial charge in [-0.15, -0.1) is 0 Å². The molecule has 10 heteroatoms. The number of ether oxygens (including phenoxy) is 1. The van der Waals surface area contributed by atoms with Crippen LogP contribution in [0.1, 0.15) is 206 Å². The Kier molecular flexibility index (Phi) is 40.5. The van der Waals surface area contributed by atoms with Gasteiger partial charge in [0, 0.05) is 19.4 Å². The van der Waals surface area contributed by atoms with Gasteiger partial charge in [0.15, 0.2) is 0 Å². The molecule has 0 aliphatic rings. The molecule has 0 aliphatic heterocycles. The minimum atomic E-state index is -4.42. The Morgan fingerprint density at radius 2 is 0.982 bits per heavy atom. The van der Waals surface area contributed by atoms with Crippen molar-refractivity contribution in [3.63, 3.8) is 0 Å². The minimum absolute atomic E-state index is 0.0751. The average Bonchev–Trinajstić information content (AvgIpc) is 3.17. The number of aliphatic hydroxyl groups excluding tert-OH is 1. The zero-order chi connectivity index (χ0) is 40.3. The standard InChI is InChI=1S/C45H84NO8P/c1-3-5-7-9-11-13-15-17-19-20-21-22-24-25-27-29-31-33-35-37-44(48)46-39-40-53-55(50,51)54-42-43(47)41-52-45(49)38-36-34-32-30-28-26-23-18-16-14-12-10-8-6-4-2/h11,13,17,19,21-22,43,47H,3-10,12,14-16,18,20,23-42H2,1-2H3,(H,46,48)(H,50,51)/b13-11-,19-17-,22-21-. The number of esters is 1. The number of hydrogen-bond donors (Lipinski definition) is 3. The summed E-state index contributed by atoms with van der Waals surface area (Å²) in [6, 6.07) is 0. The maximum Gasteiger partial charge on any atom is 0.472 e. The highest BCUT2D eigenvalue weighted by Gasteiger charge is 2.23. The number of amides is 1. The van der Waals surface area contributed by atoms with E-state index in [4.69, 9.17) is 13.8 Å². The van der Waals surface area contributed by atoms with Crippen molar-refractivity contribution in [2.75, 3.05) is 26.4 Å². The largest absolute Gasteiger partial charge is 0.472 e. The summed E-state index contributed by atoms with van der Waals surface area (Å²) < 4.78 is 26.9. The lowest BCUT2D eigenvalue weighted by Gasteiger charge is -2.15. The average molecular weight is 798 g/mol. The number of unbranched alkanes of at least 4 members (excludes halogenated alkanes) is 23. The Labute approximate surface area is 337 Å². The molecule has 0 aromatic rings. The van der Waals surface area contributed by atoms with Gasteiger partial charge in [-0.3, -0.25) is 18.6 Å². The number of aliphatic hydroxyl groups is 1. The van der Waals surface area contributed by atoms with Crippen LogP contribution in [-0.4, -0.2) is 54.3 Å². The van der Waals surface area contributed by atoms with Crippen LogP contribution < -0.4 is 5.32 Å². The fourth-order valence-electron chi connectivity index (χ4n) is 6.15. The smallest absolute Gasteiger partial charge is 0.463 e. The van der Waals surface area contributed by atoms with Crippen molar-refractivity contribution in [1.82, 2.24) is 5.32 Å². The number of allylic oxidation sites excluding steroid dienone is 6. The number of hydrogen-bond acceptors (Lipinski definition) is 7. The number of carbonyl (C=O) groups excluding carboxylic acids is 2. The third-order valence-corrected chi connectivity index (χ3v) is 10.6. The Balaban J connectivity index is 3.60. The van der Waals surface area contributed by atoms with Crippen LogP contribution in [0.2, 0.25) is 0 Å². The first-order valence-electron chi connectivity index (χ1n) is 22.5. The lowest BCUT2D eigenvalue weighted by atomic mass is 10.0. The van der Waals surface area contributed by atoms with Crippen molar-refractivity contribution < 1.29 is 37.9 Å². The molecule has 55 heavy (non-hydrogen) atoms. The van der Waals surface area contributed by atoms with Crippen LogP contribution in [0.25, 0.3) is 0 Å². The molecular formula is C45H84NO8P. The number of phosphoric ester groups is 1. The van der Waals surface area contributed by atoms with E-state index in [1.54, 1.807) is 0 Å². The second kappa shape index (κ2) is 41.9. The molecule has 0 aromatic heterocycles. The highest BCUT2D eigenvalue weighted by molar-refractivity contribution is 7.47. The zero-order valence-electron chi connectivity index (χ0n) is 35.4. The summed E-state index contributed by atoms with van der Waals surface area (Å²) in [4.78, 5) is 33.9. The fraction of sp³-hybridized carbons (Fsp3) is 0.822. The predicted molar refractivity (Wildman–Crippen MR) is 229 cm³/mol. The maximum absolute atomic E-state index is 12.1. The van der Waals surface area contributed by atoms with Gasteiger partial charge in [-0.2, -0.15) is 0 Å². The van der Waals surface area contributed by atoms with E-state index < -0.39 is 26.5 Å².